The van der Waals surface area contributed by atoms with E-state index in [1.165, 1.54) is 0 Å². The number of phosphoric ester groups is 1. The molecule has 0 aliphatic rings. The van der Waals surface area contributed by atoms with Crippen LogP contribution in [0.1, 0.15) is 40.5 Å². The maximum absolute atomic E-state index is 11.0. The molecule has 1 unspecified atom stereocenters. The molecule has 0 rings (SSSR count). The minimum absolute atomic E-state index is 0.117. The fourth-order valence-electron chi connectivity index (χ4n) is 0.806. The quantitative estimate of drug-likeness (QED) is 0.621. The van der Waals surface area contributed by atoms with Crippen LogP contribution in [0.5, 0.6) is 0 Å². The molecule has 0 amide bonds. The first-order valence-electron chi connectivity index (χ1n) is 4.93. The highest BCUT2D eigenvalue weighted by atomic mass is 31.2. The van der Waals surface area contributed by atoms with Gasteiger partial charge in [-0.1, -0.05) is 27.2 Å². The van der Waals surface area contributed by atoms with Crippen LogP contribution in [-0.4, -0.2) is 13.2 Å². The minimum Gasteiger partial charge on any atom is -0.756 e. The lowest BCUT2D eigenvalue weighted by Crippen LogP contribution is -2.15. The standard InChI is InChI=1S/C9H21O4P/c1-5-9(3,4)7-8-13-14(10,11)12-6-2/h5-8H2,1-4H3,(H,10,11)/p-1. The van der Waals surface area contributed by atoms with Gasteiger partial charge in [-0.15, -0.1) is 0 Å². The highest BCUT2D eigenvalue weighted by Gasteiger charge is 2.16. The third-order valence-corrected chi connectivity index (χ3v) is 3.35. The summed E-state index contributed by atoms with van der Waals surface area (Å²) in [5, 5.41) is 0. The molecule has 0 N–H and O–H groups in total. The van der Waals surface area contributed by atoms with Gasteiger partial charge in [-0.25, -0.2) is 0 Å². The second-order valence-corrected chi connectivity index (χ2v) is 5.38. The van der Waals surface area contributed by atoms with Crippen LogP contribution in [0.2, 0.25) is 0 Å². The molecular formula is C9H20O4P-. The molecule has 0 saturated heterocycles. The smallest absolute Gasteiger partial charge is 0.267 e. The summed E-state index contributed by atoms with van der Waals surface area (Å²) in [5.74, 6) is 0. The van der Waals surface area contributed by atoms with Crippen molar-refractivity contribution in [2.45, 2.75) is 40.5 Å². The SMILES string of the molecule is CCOP(=O)([O-])OCCC(C)(C)CC. The Morgan fingerprint density at radius 1 is 1.29 bits per heavy atom. The van der Waals surface area contributed by atoms with E-state index in [1.807, 2.05) is 0 Å². The van der Waals surface area contributed by atoms with Crippen LogP contribution in [0.3, 0.4) is 0 Å². The molecule has 0 heterocycles. The summed E-state index contributed by atoms with van der Waals surface area (Å²) in [5.41, 5.74) is 0.117. The van der Waals surface area contributed by atoms with Crippen molar-refractivity contribution in [1.82, 2.24) is 0 Å². The molecule has 0 aliphatic heterocycles. The first-order valence-corrected chi connectivity index (χ1v) is 6.39. The van der Waals surface area contributed by atoms with Gasteiger partial charge in [0.25, 0.3) is 7.82 Å². The van der Waals surface area contributed by atoms with Crippen molar-refractivity contribution in [3.8, 4) is 0 Å². The summed E-state index contributed by atoms with van der Waals surface area (Å²) in [4.78, 5) is 11.0. The molecule has 4 nitrogen and oxygen atoms in total. The maximum atomic E-state index is 11.0. The molecule has 0 bridgehead atoms. The Balaban J connectivity index is 3.79. The van der Waals surface area contributed by atoms with Crippen LogP contribution in [0.15, 0.2) is 0 Å². The summed E-state index contributed by atoms with van der Waals surface area (Å²) < 4.78 is 20.1. The second-order valence-electron chi connectivity index (χ2n) is 3.97. The van der Waals surface area contributed by atoms with Crippen LogP contribution in [-0.2, 0) is 13.6 Å². The van der Waals surface area contributed by atoms with Crippen molar-refractivity contribution >= 4 is 7.82 Å². The molecule has 5 heteroatoms. The molecule has 0 aromatic rings. The summed E-state index contributed by atoms with van der Waals surface area (Å²) >= 11 is 0. The number of rotatable bonds is 7. The van der Waals surface area contributed by atoms with Crippen molar-refractivity contribution in [3.05, 3.63) is 0 Å². The van der Waals surface area contributed by atoms with Gasteiger partial charge >= 0.3 is 0 Å². The van der Waals surface area contributed by atoms with E-state index in [9.17, 15) is 9.46 Å². The lowest BCUT2D eigenvalue weighted by molar-refractivity contribution is -0.225. The summed E-state index contributed by atoms with van der Waals surface area (Å²) in [7, 11) is -4.04. The van der Waals surface area contributed by atoms with Crippen LogP contribution in [0, 0.1) is 5.41 Å². The molecule has 0 fully saturated rings. The van der Waals surface area contributed by atoms with E-state index in [0.717, 1.165) is 6.42 Å². The average molecular weight is 223 g/mol. The Morgan fingerprint density at radius 2 is 1.86 bits per heavy atom. The van der Waals surface area contributed by atoms with E-state index in [4.69, 9.17) is 0 Å². The predicted octanol–water partition coefficient (Wildman–Crippen LogP) is 2.33. The van der Waals surface area contributed by atoms with Crippen LogP contribution >= 0.6 is 7.82 Å². The van der Waals surface area contributed by atoms with E-state index in [1.54, 1.807) is 6.92 Å². The largest absolute Gasteiger partial charge is 0.756 e. The topological polar surface area (TPSA) is 58.6 Å². The van der Waals surface area contributed by atoms with Crippen LogP contribution < -0.4 is 4.89 Å². The van der Waals surface area contributed by atoms with Crippen molar-refractivity contribution in [3.63, 3.8) is 0 Å². The fraction of sp³-hybridized carbons (Fsp3) is 1.00. The van der Waals surface area contributed by atoms with Gasteiger partial charge in [-0.3, -0.25) is 4.57 Å². The average Bonchev–Trinajstić information content (AvgIpc) is 2.03. The van der Waals surface area contributed by atoms with Gasteiger partial charge < -0.3 is 13.9 Å². The normalized spacial score (nSPS) is 16.6. The summed E-state index contributed by atoms with van der Waals surface area (Å²) in [6.07, 6.45) is 1.71. The van der Waals surface area contributed by atoms with Gasteiger partial charge in [0.1, 0.15) is 0 Å². The van der Waals surface area contributed by atoms with Gasteiger partial charge in [-0.2, -0.15) is 0 Å². The molecule has 0 spiro atoms. The first-order chi connectivity index (χ1) is 6.33. The molecular weight excluding hydrogens is 203 g/mol. The Hall–Kier alpha value is 0.110. The van der Waals surface area contributed by atoms with Gasteiger partial charge in [-0.05, 0) is 18.8 Å². The monoisotopic (exact) mass is 223 g/mol. The Labute approximate surface area is 86.2 Å². The number of hydrogen-bond donors (Lipinski definition) is 0. The Bertz CT molecular complexity index is 203. The van der Waals surface area contributed by atoms with E-state index < -0.39 is 7.82 Å². The van der Waals surface area contributed by atoms with E-state index in [2.05, 4.69) is 29.8 Å². The van der Waals surface area contributed by atoms with E-state index in [-0.39, 0.29) is 18.6 Å². The van der Waals surface area contributed by atoms with Crippen molar-refractivity contribution in [2.75, 3.05) is 13.2 Å². The number of hydrogen-bond acceptors (Lipinski definition) is 4. The van der Waals surface area contributed by atoms with E-state index in [0.29, 0.717) is 6.42 Å². The van der Waals surface area contributed by atoms with Gasteiger partial charge in [0.05, 0.1) is 13.2 Å². The molecule has 86 valence electrons. The third-order valence-electron chi connectivity index (χ3n) is 2.27. The number of phosphoric acid groups is 1. The van der Waals surface area contributed by atoms with Crippen molar-refractivity contribution in [1.29, 1.82) is 0 Å². The molecule has 0 aromatic heterocycles. The molecule has 0 saturated carbocycles. The zero-order valence-electron chi connectivity index (χ0n) is 9.41. The summed E-state index contributed by atoms with van der Waals surface area (Å²) in [6.45, 7) is 8.16. The third kappa shape index (κ3) is 6.55. The molecule has 14 heavy (non-hydrogen) atoms. The van der Waals surface area contributed by atoms with Crippen LogP contribution in [0.4, 0.5) is 0 Å². The van der Waals surface area contributed by atoms with Gasteiger partial charge in [0, 0.05) is 0 Å². The zero-order valence-corrected chi connectivity index (χ0v) is 10.3. The lowest BCUT2D eigenvalue weighted by Gasteiger charge is -2.26. The molecule has 1 atom stereocenters. The molecule has 0 aromatic carbocycles. The predicted molar refractivity (Wildman–Crippen MR) is 53.9 cm³/mol. The Morgan fingerprint density at radius 3 is 2.29 bits per heavy atom. The second kappa shape index (κ2) is 5.86. The zero-order chi connectivity index (χ0) is 11.2. The first kappa shape index (κ1) is 14.1. The van der Waals surface area contributed by atoms with E-state index >= 15 is 0 Å². The summed E-state index contributed by atoms with van der Waals surface area (Å²) in [6, 6.07) is 0. The minimum atomic E-state index is -4.04. The Kier molecular flexibility index (Phi) is 5.91. The molecule has 0 radical (unpaired) electrons. The molecule has 0 aliphatic carbocycles. The van der Waals surface area contributed by atoms with Gasteiger partial charge in [0.2, 0.25) is 0 Å². The highest BCUT2D eigenvalue weighted by molar-refractivity contribution is 7.45. The highest BCUT2D eigenvalue weighted by Crippen LogP contribution is 2.39. The lowest BCUT2D eigenvalue weighted by atomic mass is 9.87. The van der Waals surface area contributed by atoms with Gasteiger partial charge in [0.15, 0.2) is 0 Å². The van der Waals surface area contributed by atoms with Crippen LogP contribution in [0.25, 0.3) is 0 Å². The van der Waals surface area contributed by atoms with Crippen molar-refractivity contribution < 1.29 is 18.5 Å². The maximum Gasteiger partial charge on any atom is 0.267 e. The van der Waals surface area contributed by atoms with Crippen molar-refractivity contribution in [2.24, 2.45) is 5.41 Å². The fourth-order valence-corrected chi connectivity index (χ4v) is 1.51.